The second-order valence-corrected chi connectivity index (χ2v) is 11.2. The van der Waals surface area contributed by atoms with Crippen molar-refractivity contribution < 1.29 is 35.1 Å². The normalized spacial score (nSPS) is 11.1. The Balaban J connectivity index is 0.000000329. The fraction of sp³-hybridized carbons (Fsp3) is 0.300. The highest BCUT2D eigenvalue weighted by Gasteiger charge is 2.14. The van der Waals surface area contributed by atoms with Gasteiger partial charge in [-0.05, 0) is 38.3 Å². The number of rotatable bonds is 12. The highest BCUT2D eigenvalue weighted by molar-refractivity contribution is 6.06. The van der Waals surface area contributed by atoms with Crippen LogP contribution in [0.3, 0.4) is 0 Å². The lowest BCUT2D eigenvalue weighted by Crippen LogP contribution is -2.51. The van der Waals surface area contributed by atoms with Gasteiger partial charge >= 0.3 is 5.97 Å². The van der Waals surface area contributed by atoms with Crippen LogP contribution < -0.4 is 16.6 Å². The van der Waals surface area contributed by atoms with E-state index >= 15 is 0 Å². The number of ketones is 2. The highest BCUT2D eigenvalue weighted by Crippen LogP contribution is 2.14. The molecule has 256 valence electrons. The third-order valence-electron chi connectivity index (χ3n) is 7.11. The predicted octanol–water partition coefficient (Wildman–Crippen LogP) is 6.88. The van der Waals surface area contributed by atoms with Gasteiger partial charge < -0.3 is 26.5 Å². The predicted molar refractivity (Wildman–Crippen MR) is 189 cm³/mol. The van der Waals surface area contributed by atoms with Gasteiger partial charge in [-0.15, -0.1) is 0 Å². The van der Waals surface area contributed by atoms with Crippen molar-refractivity contribution in [3.8, 4) is 0 Å². The van der Waals surface area contributed by atoms with Crippen LogP contribution in [0.1, 0.15) is 131 Å². The number of unbranched alkanes of at least 4 members (excludes halogenated alkanes) is 2. The average Bonchev–Trinajstić information content (AvgIpc) is 3.11. The maximum Gasteiger partial charge on any atom is 0.336 e. The monoisotopic (exact) mass is 654 g/mol. The van der Waals surface area contributed by atoms with Gasteiger partial charge in [0, 0.05) is 41.1 Å². The van der Waals surface area contributed by atoms with Crippen LogP contribution in [0.25, 0.3) is 0 Å². The molecule has 8 nitrogen and oxygen atoms in total. The molecule has 4 aromatic rings. The molecule has 0 saturated heterocycles. The molecule has 0 fully saturated rings. The number of hydrogen-bond acceptors (Lipinski definition) is 6. The second-order valence-electron chi connectivity index (χ2n) is 11.2. The van der Waals surface area contributed by atoms with Gasteiger partial charge in [-0.25, -0.2) is 4.79 Å². The number of quaternary nitrogens is 1. The quantitative estimate of drug-likeness (QED) is 0.140. The molecule has 0 amide bonds. The van der Waals surface area contributed by atoms with Crippen LogP contribution in [0, 0.1) is 0 Å². The molecule has 2 unspecified atom stereocenters. The van der Waals surface area contributed by atoms with Crippen molar-refractivity contribution in [3.05, 3.63) is 143 Å². The van der Waals surface area contributed by atoms with E-state index in [2.05, 4.69) is 24.8 Å². The maximum absolute atomic E-state index is 11.7. The fourth-order valence-corrected chi connectivity index (χ4v) is 4.30. The SMILES string of the molecule is CC(N)c1ccccc1.CC([NH3+])c1ccccc1.CCCCC(=O)c1ccccc1C(=O)O.CCCCC(=O)c1ccccc1C(=O)[O-]. The molecule has 4 aromatic carbocycles. The van der Waals surface area contributed by atoms with Crippen molar-refractivity contribution >= 4 is 23.5 Å². The van der Waals surface area contributed by atoms with Gasteiger partial charge in [0.25, 0.3) is 0 Å². The van der Waals surface area contributed by atoms with Gasteiger partial charge in [0.2, 0.25) is 0 Å². The lowest BCUT2D eigenvalue weighted by Gasteiger charge is -2.08. The standard InChI is InChI=1S/2C12H14O3.2C8H11N/c2*1-2-3-8-11(13)9-6-4-5-7-10(9)12(14)15;2*1-7(9)8-5-3-2-4-6-8/h2*4-7H,2-3,8H2,1H3,(H,14,15);2*2-7H,9H2,1H3. The van der Waals surface area contributed by atoms with E-state index < -0.39 is 11.9 Å². The van der Waals surface area contributed by atoms with Gasteiger partial charge in [0.05, 0.1) is 11.5 Å². The van der Waals surface area contributed by atoms with E-state index in [1.54, 1.807) is 30.3 Å². The van der Waals surface area contributed by atoms with Crippen LogP contribution in [-0.4, -0.2) is 28.6 Å². The molecule has 0 aliphatic rings. The lowest BCUT2D eigenvalue weighted by atomic mass is 10.0. The van der Waals surface area contributed by atoms with E-state index in [9.17, 15) is 24.3 Å². The van der Waals surface area contributed by atoms with Crippen LogP contribution in [0.5, 0.6) is 0 Å². The van der Waals surface area contributed by atoms with Crippen molar-refractivity contribution in [2.75, 3.05) is 0 Å². The molecule has 0 aliphatic heterocycles. The summed E-state index contributed by atoms with van der Waals surface area (Å²) in [7, 11) is 0. The van der Waals surface area contributed by atoms with E-state index in [0.717, 1.165) is 25.7 Å². The van der Waals surface area contributed by atoms with Gasteiger partial charge in [-0.2, -0.15) is 0 Å². The Morgan fingerprint density at radius 1 is 0.625 bits per heavy atom. The number of carbonyl (C=O) groups is 4. The Morgan fingerprint density at radius 3 is 1.29 bits per heavy atom. The summed E-state index contributed by atoms with van der Waals surface area (Å²) in [6.07, 6.45) is 4.23. The molecule has 48 heavy (non-hydrogen) atoms. The van der Waals surface area contributed by atoms with Gasteiger partial charge in [-0.1, -0.05) is 130 Å². The molecule has 0 aromatic heterocycles. The van der Waals surface area contributed by atoms with Crippen molar-refractivity contribution in [3.63, 3.8) is 0 Å². The smallest absolute Gasteiger partial charge is 0.336 e. The van der Waals surface area contributed by atoms with Gasteiger partial charge in [0.15, 0.2) is 11.6 Å². The summed E-state index contributed by atoms with van der Waals surface area (Å²) in [5, 5.41) is 19.6. The Morgan fingerprint density at radius 2 is 0.979 bits per heavy atom. The summed E-state index contributed by atoms with van der Waals surface area (Å²) >= 11 is 0. The molecule has 0 radical (unpaired) electrons. The van der Waals surface area contributed by atoms with E-state index in [-0.39, 0.29) is 34.3 Å². The summed E-state index contributed by atoms with van der Waals surface area (Å²) in [6.45, 7) is 8.05. The van der Waals surface area contributed by atoms with Gasteiger partial charge in [-0.3, -0.25) is 9.59 Å². The molecular formula is C40H50N2O6. The van der Waals surface area contributed by atoms with Gasteiger partial charge in [0.1, 0.15) is 6.04 Å². The van der Waals surface area contributed by atoms with Crippen molar-refractivity contribution in [1.29, 1.82) is 0 Å². The molecule has 0 saturated carbocycles. The third-order valence-corrected chi connectivity index (χ3v) is 7.11. The van der Waals surface area contributed by atoms with Crippen LogP contribution >= 0.6 is 0 Å². The maximum atomic E-state index is 11.7. The highest BCUT2D eigenvalue weighted by atomic mass is 16.4. The summed E-state index contributed by atoms with van der Waals surface area (Å²) in [6, 6.07) is 33.4. The van der Waals surface area contributed by atoms with Crippen molar-refractivity contribution in [1.82, 2.24) is 0 Å². The zero-order valence-electron chi connectivity index (χ0n) is 28.6. The summed E-state index contributed by atoms with van der Waals surface area (Å²) < 4.78 is 0. The first kappa shape index (κ1) is 41.1. The van der Waals surface area contributed by atoms with Crippen LogP contribution in [0.15, 0.2) is 109 Å². The Hall–Kier alpha value is -4.92. The van der Waals surface area contributed by atoms with Crippen molar-refractivity contribution in [2.24, 2.45) is 5.73 Å². The van der Waals surface area contributed by atoms with E-state index in [1.165, 1.54) is 29.3 Å². The molecule has 4 rings (SSSR count). The first-order valence-electron chi connectivity index (χ1n) is 16.3. The zero-order chi connectivity index (χ0) is 35.9. The summed E-state index contributed by atoms with van der Waals surface area (Å²) in [5.74, 6) is -2.56. The Kier molecular flexibility index (Phi) is 20.0. The fourth-order valence-electron chi connectivity index (χ4n) is 4.30. The van der Waals surface area contributed by atoms with E-state index in [0.29, 0.717) is 24.4 Å². The summed E-state index contributed by atoms with van der Waals surface area (Å²) in [5.41, 5.74) is 12.7. The molecular weight excluding hydrogens is 604 g/mol. The van der Waals surface area contributed by atoms with E-state index in [1.807, 2.05) is 69.3 Å². The van der Waals surface area contributed by atoms with E-state index in [4.69, 9.17) is 10.8 Å². The number of benzene rings is 4. The van der Waals surface area contributed by atoms with Crippen LogP contribution in [-0.2, 0) is 0 Å². The van der Waals surface area contributed by atoms with Crippen molar-refractivity contribution in [2.45, 2.75) is 78.3 Å². The molecule has 8 heteroatoms. The zero-order valence-corrected chi connectivity index (χ0v) is 28.6. The first-order chi connectivity index (χ1) is 22.9. The first-order valence-corrected chi connectivity index (χ1v) is 16.3. The van der Waals surface area contributed by atoms with Crippen LogP contribution in [0.4, 0.5) is 0 Å². The number of carboxylic acids is 2. The molecule has 0 bridgehead atoms. The Bertz CT molecular complexity index is 1420. The summed E-state index contributed by atoms with van der Waals surface area (Å²) in [4.78, 5) is 44.9. The minimum absolute atomic E-state index is 0.0152. The molecule has 0 heterocycles. The largest absolute Gasteiger partial charge is 0.545 e. The number of aromatic carboxylic acids is 2. The Labute approximate surface area is 284 Å². The topological polar surface area (TPSA) is 165 Å². The average molecular weight is 655 g/mol. The van der Waals surface area contributed by atoms with Crippen LogP contribution in [0.2, 0.25) is 0 Å². The molecule has 2 atom stereocenters. The number of carboxylic acid groups (broad SMARTS) is 2. The second kappa shape index (κ2) is 23.4. The molecule has 0 spiro atoms. The lowest BCUT2D eigenvalue weighted by molar-refractivity contribution is -0.420. The number of hydrogen-bond donors (Lipinski definition) is 3. The minimum Gasteiger partial charge on any atom is -0.545 e. The number of nitrogens with two attached hydrogens (primary N) is 1. The third kappa shape index (κ3) is 15.6. The molecule has 6 N–H and O–H groups in total. The minimum atomic E-state index is -1.30. The number of Topliss-reactive ketones (excluding diaryl/α,β-unsaturated/α-hetero) is 2. The number of carbonyl (C=O) groups excluding carboxylic acids is 3. The molecule has 0 aliphatic carbocycles.